The van der Waals surface area contributed by atoms with Gasteiger partial charge in [0.25, 0.3) is 0 Å². The summed E-state index contributed by atoms with van der Waals surface area (Å²) in [5.74, 6) is -0.0320. The number of hydrogen-bond donors (Lipinski definition) is 3. The van der Waals surface area contributed by atoms with Gasteiger partial charge < -0.3 is 20.1 Å². The van der Waals surface area contributed by atoms with E-state index < -0.39 is 36.2 Å². The fraction of sp³-hybridized carbons (Fsp3) is 0.500. The summed E-state index contributed by atoms with van der Waals surface area (Å²) in [5, 5.41) is 29.9. The summed E-state index contributed by atoms with van der Waals surface area (Å²) in [7, 11) is 0. The van der Waals surface area contributed by atoms with Crippen molar-refractivity contribution >= 4 is 23.7 Å². The second kappa shape index (κ2) is 4.26. The van der Waals surface area contributed by atoms with E-state index in [1.807, 2.05) is 0 Å². The summed E-state index contributed by atoms with van der Waals surface area (Å²) >= 11 is 0. The first kappa shape index (κ1) is 13.6. The van der Waals surface area contributed by atoms with Gasteiger partial charge in [0, 0.05) is 6.42 Å². The maximum Gasteiger partial charge on any atom is 0.312 e. The molecule has 10 heteroatoms. The van der Waals surface area contributed by atoms with Crippen LogP contribution in [0.5, 0.6) is 0 Å². The minimum Gasteiger partial charge on any atom is -0.390 e. The monoisotopic (exact) mass is 309 g/mol. The predicted molar refractivity (Wildman–Crippen MR) is 70.0 cm³/mol. The van der Waals surface area contributed by atoms with Crippen molar-refractivity contribution in [2.45, 2.75) is 36.6 Å². The summed E-state index contributed by atoms with van der Waals surface area (Å²) in [5.41, 5.74) is -0.941. The molecule has 0 amide bonds. The molecule has 1 saturated carbocycles. The number of aliphatic hydroxyl groups excluding tert-OH is 3. The van der Waals surface area contributed by atoms with Crippen LogP contribution < -0.4 is 0 Å². The lowest BCUT2D eigenvalue weighted by molar-refractivity contribution is -0.0633. The van der Waals surface area contributed by atoms with Crippen molar-refractivity contribution < 1.29 is 24.4 Å². The zero-order valence-electron chi connectivity index (χ0n) is 11.2. The van der Waals surface area contributed by atoms with Gasteiger partial charge in [0.05, 0.1) is 12.4 Å². The number of ether oxygens (including phenoxy) is 1. The summed E-state index contributed by atoms with van der Waals surface area (Å²) in [6.07, 6.45) is -4.00. The van der Waals surface area contributed by atoms with E-state index in [1.54, 1.807) is 0 Å². The number of aromatic nitrogens is 4. The third kappa shape index (κ3) is 1.60. The van der Waals surface area contributed by atoms with Crippen LogP contribution in [0.4, 0.5) is 10.2 Å². The Bertz CT molecular complexity index is 782. The molecule has 2 aromatic heterocycles. The van der Waals surface area contributed by atoms with Gasteiger partial charge in [0.2, 0.25) is 0 Å². The number of aliphatic imine (C=N–C) groups is 1. The highest BCUT2D eigenvalue weighted by molar-refractivity contribution is 5.81. The Morgan fingerprint density at radius 3 is 2.73 bits per heavy atom. The number of fused-ring (bicyclic) bond motifs is 1. The Balaban J connectivity index is 1.82. The Morgan fingerprint density at radius 2 is 2.14 bits per heavy atom. The molecule has 3 N–H and O–H groups in total. The topological polar surface area (TPSA) is 126 Å². The standard InChI is InChI=1S/C12H12FN5O4/c1-14-8-5-9(17-11(13)16-8)18(3-15-5)10-6(20)7(21)12(22-10)2-4(12)19/h3-4,6-7,10,19-21H,1-2H2/t4?,6-,7+,10-,12?/m1/s1. The molecule has 9 nitrogen and oxygen atoms in total. The predicted octanol–water partition coefficient (Wildman–Crippen LogP) is -0.949. The van der Waals surface area contributed by atoms with Crippen LogP contribution in [0, 0.1) is 6.08 Å². The average molecular weight is 309 g/mol. The van der Waals surface area contributed by atoms with Gasteiger partial charge >= 0.3 is 6.08 Å². The molecule has 1 spiro atoms. The van der Waals surface area contributed by atoms with Crippen LogP contribution >= 0.6 is 0 Å². The molecule has 2 fully saturated rings. The van der Waals surface area contributed by atoms with Crippen molar-refractivity contribution in [2.24, 2.45) is 4.99 Å². The highest BCUT2D eigenvalue weighted by Gasteiger charge is 2.69. The highest BCUT2D eigenvalue weighted by Crippen LogP contribution is 2.53. The molecule has 0 aromatic carbocycles. The lowest BCUT2D eigenvalue weighted by Crippen LogP contribution is -2.34. The van der Waals surface area contributed by atoms with Gasteiger partial charge in [-0.25, -0.2) is 9.98 Å². The molecule has 1 saturated heterocycles. The van der Waals surface area contributed by atoms with Crippen LogP contribution in [0.3, 0.4) is 0 Å². The third-order valence-corrected chi connectivity index (χ3v) is 4.17. The summed E-state index contributed by atoms with van der Waals surface area (Å²) < 4.78 is 20.4. The van der Waals surface area contributed by atoms with Crippen LogP contribution in [-0.2, 0) is 4.74 Å². The van der Waals surface area contributed by atoms with Crippen molar-refractivity contribution in [1.29, 1.82) is 0 Å². The van der Waals surface area contributed by atoms with E-state index in [0.717, 1.165) is 0 Å². The second-order valence-corrected chi connectivity index (χ2v) is 5.42. The molecule has 2 aromatic rings. The minimum atomic E-state index is -1.31. The van der Waals surface area contributed by atoms with Crippen LogP contribution in [0.1, 0.15) is 12.6 Å². The fourth-order valence-corrected chi connectivity index (χ4v) is 2.89. The van der Waals surface area contributed by atoms with Gasteiger partial charge in [0.1, 0.15) is 17.8 Å². The van der Waals surface area contributed by atoms with Gasteiger partial charge in [-0.05, 0) is 6.72 Å². The van der Waals surface area contributed by atoms with Gasteiger partial charge in [-0.3, -0.25) is 4.57 Å². The Morgan fingerprint density at radius 1 is 1.41 bits per heavy atom. The Kier molecular flexibility index (Phi) is 2.64. The zero-order chi connectivity index (χ0) is 15.6. The van der Waals surface area contributed by atoms with Crippen molar-refractivity contribution in [2.75, 3.05) is 0 Å². The molecule has 1 aliphatic carbocycles. The lowest BCUT2D eigenvalue weighted by atomic mass is 10.1. The third-order valence-electron chi connectivity index (χ3n) is 4.17. The molecule has 4 rings (SSSR count). The van der Waals surface area contributed by atoms with E-state index >= 15 is 0 Å². The first-order chi connectivity index (χ1) is 10.5. The SMILES string of the molecule is C=Nc1nc(F)nc2c1ncn2[C@@H]1OC2(CC2O)[C@@H](O)[C@H]1O. The number of aliphatic hydroxyl groups is 3. The molecule has 3 heterocycles. The fourth-order valence-electron chi connectivity index (χ4n) is 2.89. The van der Waals surface area contributed by atoms with Crippen LogP contribution in [0.25, 0.3) is 11.2 Å². The van der Waals surface area contributed by atoms with Crippen LogP contribution in [0.15, 0.2) is 11.3 Å². The first-order valence-corrected chi connectivity index (χ1v) is 6.57. The van der Waals surface area contributed by atoms with Gasteiger partial charge in [-0.2, -0.15) is 14.4 Å². The van der Waals surface area contributed by atoms with Gasteiger partial charge in [-0.1, -0.05) is 0 Å². The summed E-state index contributed by atoms with van der Waals surface area (Å²) in [6, 6.07) is 0. The maximum atomic E-state index is 13.5. The molecule has 116 valence electrons. The molecule has 0 bridgehead atoms. The zero-order valence-corrected chi connectivity index (χ0v) is 11.2. The molecule has 2 unspecified atom stereocenters. The quantitative estimate of drug-likeness (QED) is 0.482. The van der Waals surface area contributed by atoms with Crippen molar-refractivity contribution in [3.8, 4) is 0 Å². The van der Waals surface area contributed by atoms with E-state index in [1.165, 1.54) is 10.9 Å². The molecule has 22 heavy (non-hydrogen) atoms. The molecule has 2 aliphatic rings. The molecule has 1 aliphatic heterocycles. The van der Waals surface area contributed by atoms with Gasteiger partial charge in [-0.15, -0.1) is 0 Å². The van der Waals surface area contributed by atoms with Crippen LogP contribution in [0.2, 0.25) is 0 Å². The Hall–Kier alpha value is -2.01. The van der Waals surface area contributed by atoms with Crippen molar-refractivity contribution in [1.82, 2.24) is 19.5 Å². The van der Waals surface area contributed by atoms with Crippen molar-refractivity contribution in [3.05, 3.63) is 12.4 Å². The normalized spacial score (nSPS) is 37.1. The van der Waals surface area contributed by atoms with E-state index in [2.05, 4.69) is 26.7 Å². The Labute approximate surface area is 122 Å². The molecular formula is C12H12FN5O4. The number of halogens is 1. The summed E-state index contributed by atoms with van der Waals surface area (Å²) in [6.45, 7) is 3.29. The van der Waals surface area contributed by atoms with E-state index in [0.29, 0.717) is 0 Å². The maximum absolute atomic E-state index is 13.5. The largest absolute Gasteiger partial charge is 0.390 e. The number of hydrogen-bond acceptors (Lipinski definition) is 8. The highest BCUT2D eigenvalue weighted by atomic mass is 19.1. The summed E-state index contributed by atoms with van der Waals surface area (Å²) in [4.78, 5) is 14.7. The van der Waals surface area contributed by atoms with Gasteiger partial charge in [0.15, 0.2) is 23.2 Å². The molecular weight excluding hydrogens is 297 g/mol. The van der Waals surface area contributed by atoms with Crippen LogP contribution in [-0.4, -0.2) is 65.5 Å². The van der Waals surface area contributed by atoms with E-state index in [-0.39, 0.29) is 23.4 Å². The minimum absolute atomic E-state index is 0.0320. The number of rotatable bonds is 2. The lowest BCUT2D eigenvalue weighted by Gasteiger charge is -2.16. The van der Waals surface area contributed by atoms with E-state index in [4.69, 9.17) is 4.74 Å². The smallest absolute Gasteiger partial charge is 0.312 e. The van der Waals surface area contributed by atoms with Crippen molar-refractivity contribution in [3.63, 3.8) is 0 Å². The first-order valence-electron chi connectivity index (χ1n) is 6.57. The number of imidazole rings is 1. The molecule has 5 atom stereocenters. The second-order valence-electron chi connectivity index (χ2n) is 5.42. The van der Waals surface area contributed by atoms with E-state index in [9.17, 15) is 19.7 Å². The number of nitrogens with zero attached hydrogens (tertiary/aromatic N) is 5. The molecule has 0 radical (unpaired) electrons. The average Bonchev–Trinajstić information content (AvgIpc) is 2.85.